The van der Waals surface area contributed by atoms with Gasteiger partial charge in [-0.25, -0.2) is 9.59 Å². The number of carbonyl (C=O) groups excluding carboxylic acids is 1. The van der Waals surface area contributed by atoms with E-state index in [0.717, 1.165) is 6.42 Å². The third-order valence-corrected chi connectivity index (χ3v) is 3.69. The molecule has 3 atom stereocenters. The quantitative estimate of drug-likeness (QED) is 0.746. The number of carboxylic acids is 1. The summed E-state index contributed by atoms with van der Waals surface area (Å²) >= 11 is 0. The van der Waals surface area contributed by atoms with Crippen LogP contribution in [-0.2, 0) is 9.53 Å². The van der Waals surface area contributed by atoms with E-state index in [2.05, 4.69) is 6.92 Å². The van der Waals surface area contributed by atoms with E-state index in [-0.39, 0.29) is 18.7 Å². The SMILES string of the molecule is CC1CC(C)N(C(=O)N2CCOCC2C(=O)O)C1. The van der Waals surface area contributed by atoms with Crippen LogP contribution in [0.4, 0.5) is 4.79 Å². The Bertz CT molecular complexity index is 347. The molecule has 2 rings (SSSR count). The highest BCUT2D eigenvalue weighted by Gasteiger charge is 2.39. The summed E-state index contributed by atoms with van der Waals surface area (Å²) in [5.74, 6) is -0.517. The van der Waals surface area contributed by atoms with Crippen molar-refractivity contribution in [1.29, 1.82) is 0 Å². The Morgan fingerprint density at radius 1 is 1.28 bits per heavy atom. The fourth-order valence-electron chi connectivity index (χ4n) is 2.77. The molecule has 0 aromatic carbocycles. The summed E-state index contributed by atoms with van der Waals surface area (Å²) in [7, 11) is 0. The zero-order valence-electron chi connectivity index (χ0n) is 10.8. The minimum Gasteiger partial charge on any atom is -0.480 e. The number of hydrogen-bond acceptors (Lipinski definition) is 3. The molecule has 102 valence electrons. The summed E-state index contributed by atoms with van der Waals surface area (Å²) in [6.45, 7) is 5.68. The van der Waals surface area contributed by atoms with Gasteiger partial charge in [0.2, 0.25) is 0 Å². The fraction of sp³-hybridized carbons (Fsp3) is 0.833. The number of ether oxygens (including phenoxy) is 1. The van der Waals surface area contributed by atoms with Gasteiger partial charge in [0.15, 0.2) is 6.04 Å². The van der Waals surface area contributed by atoms with Gasteiger partial charge in [0.25, 0.3) is 0 Å². The molecule has 6 heteroatoms. The zero-order valence-corrected chi connectivity index (χ0v) is 10.8. The smallest absolute Gasteiger partial charge is 0.328 e. The number of urea groups is 1. The summed E-state index contributed by atoms with van der Waals surface area (Å²) in [6.07, 6.45) is 0.980. The van der Waals surface area contributed by atoms with Crippen LogP contribution in [0.2, 0.25) is 0 Å². The number of hydrogen-bond donors (Lipinski definition) is 1. The first-order valence-corrected chi connectivity index (χ1v) is 6.38. The van der Waals surface area contributed by atoms with Crippen molar-refractivity contribution in [2.24, 2.45) is 5.92 Å². The number of carbonyl (C=O) groups is 2. The van der Waals surface area contributed by atoms with Gasteiger partial charge in [-0.2, -0.15) is 0 Å². The molecule has 2 saturated heterocycles. The maximum Gasteiger partial charge on any atom is 0.328 e. The van der Waals surface area contributed by atoms with Crippen molar-refractivity contribution in [3.63, 3.8) is 0 Å². The highest BCUT2D eigenvalue weighted by atomic mass is 16.5. The number of amides is 2. The van der Waals surface area contributed by atoms with Crippen LogP contribution in [0.1, 0.15) is 20.3 Å². The molecule has 0 aliphatic carbocycles. The second kappa shape index (κ2) is 5.14. The molecule has 18 heavy (non-hydrogen) atoms. The predicted molar refractivity (Wildman–Crippen MR) is 64.3 cm³/mol. The third kappa shape index (κ3) is 2.43. The van der Waals surface area contributed by atoms with Crippen molar-refractivity contribution in [1.82, 2.24) is 9.80 Å². The third-order valence-electron chi connectivity index (χ3n) is 3.69. The molecule has 0 bridgehead atoms. The number of rotatable bonds is 1. The summed E-state index contributed by atoms with van der Waals surface area (Å²) in [4.78, 5) is 26.8. The molecule has 0 saturated carbocycles. The first-order valence-electron chi connectivity index (χ1n) is 6.38. The van der Waals surface area contributed by atoms with Crippen molar-refractivity contribution in [2.45, 2.75) is 32.4 Å². The van der Waals surface area contributed by atoms with E-state index in [1.807, 2.05) is 6.92 Å². The Morgan fingerprint density at radius 3 is 2.56 bits per heavy atom. The Hall–Kier alpha value is -1.30. The second-order valence-electron chi connectivity index (χ2n) is 5.25. The summed E-state index contributed by atoms with van der Waals surface area (Å²) in [6, 6.07) is -0.832. The van der Waals surface area contributed by atoms with Gasteiger partial charge in [0.05, 0.1) is 13.2 Å². The Labute approximate surface area is 106 Å². The molecule has 1 N–H and O–H groups in total. The highest BCUT2D eigenvalue weighted by Crippen LogP contribution is 2.24. The van der Waals surface area contributed by atoms with Gasteiger partial charge in [0.1, 0.15) is 0 Å². The summed E-state index contributed by atoms with van der Waals surface area (Å²) in [5, 5.41) is 9.13. The standard InChI is InChI=1S/C12H20N2O4/c1-8-5-9(2)14(6-8)12(17)13-3-4-18-7-10(13)11(15)16/h8-10H,3-7H2,1-2H3,(H,15,16). The average molecular weight is 256 g/mol. The fourth-order valence-corrected chi connectivity index (χ4v) is 2.77. The largest absolute Gasteiger partial charge is 0.480 e. The molecule has 2 aliphatic rings. The lowest BCUT2D eigenvalue weighted by atomic mass is 10.1. The molecule has 2 amide bonds. The first-order chi connectivity index (χ1) is 8.50. The van der Waals surface area contributed by atoms with E-state index >= 15 is 0 Å². The lowest BCUT2D eigenvalue weighted by Crippen LogP contribution is -2.57. The van der Waals surface area contributed by atoms with Gasteiger partial charge >= 0.3 is 12.0 Å². The molecule has 0 aromatic rings. The number of aliphatic carboxylic acids is 1. The van der Waals surface area contributed by atoms with E-state index < -0.39 is 12.0 Å². The van der Waals surface area contributed by atoms with E-state index in [1.54, 1.807) is 4.90 Å². The minimum atomic E-state index is -0.997. The van der Waals surface area contributed by atoms with Crippen LogP contribution >= 0.6 is 0 Å². The number of carboxylic acid groups (broad SMARTS) is 1. The van der Waals surface area contributed by atoms with E-state index in [9.17, 15) is 9.59 Å². The van der Waals surface area contributed by atoms with Gasteiger partial charge < -0.3 is 19.6 Å². The maximum absolute atomic E-state index is 12.4. The Balaban J connectivity index is 2.09. The van der Waals surface area contributed by atoms with Gasteiger partial charge in [0, 0.05) is 19.1 Å². The molecular weight excluding hydrogens is 236 g/mol. The molecule has 2 fully saturated rings. The van der Waals surface area contributed by atoms with Crippen LogP contribution in [-0.4, -0.2) is 65.3 Å². The van der Waals surface area contributed by atoms with Crippen LogP contribution in [0, 0.1) is 5.92 Å². The van der Waals surface area contributed by atoms with Gasteiger partial charge in [-0.15, -0.1) is 0 Å². The highest BCUT2D eigenvalue weighted by molar-refractivity contribution is 5.83. The Morgan fingerprint density at radius 2 is 2.00 bits per heavy atom. The van der Waals surface area contributed by atoms with Crippen LogP contribution in [0.25, 0.3) is 0 Å². The Kier molecular flexibility index (Phi) is 3.75. The lowest BCUT2D eigenvalue weighted by Gasteiger charge is -2.36. The maximum atomic E-state index is 12.4. The minimum absolute atomic E-state index is 0.0822. The molecule has 2 aliphatic heterocycles. The van der Waals surface area contributed by atoms with E-state index in [4.69, 9.17) is 9.84 Å². The molecule has 3 unspecified atom stereocenters. The number of morpholine rings is 1. The topological polar surface area (TPSA) is 70.1 Å². The zero-order chi connectivity index (χ0) is 13.3. The predicted octanol–water partition coefficient (Wildman–Crippen LogP) is 0.622. The van der Waals surface area contributed by atoms with Crippen molar-refractivity contribution < 1.29 is 19.4 Å². The van der Waals surface area contributed by atoms with Crippen LogP contribution in [0.3, 0.4) is 0 Å². The van der Waals surface area contributed by atoms with Crippen molar-refractivity contribution in [2.75, 3.05) is 26.3 Å². The molecule has 0 aromatic heterocycles. The van der Waals surface area contributed by atoms with E-state index in [0.29, 0.717) is 25.6 Å². The van der Waals surface area contributed by atoms with Crippen molar-refractivity contribution >= 4 is 12.0 Å². The van der Waals surface area contributed by atoms with Gasteiger partial charge in [-0.05, 0) is 19.3 Å². The summed E-state index contributed by atoms with van der Waals surface area (Å²) < 4.78 is 5.14. The summed E-state index contributed by atoms with van der Waals surface area (Å²) in [5.41, 5.74) is 0. The van der Waals surface area contributed by atoms with Gasteiger partial charge in [-0.1, -0.05) is 6.92 Å². The second-order valence-corrected chi connectivity index (χ2v) is 5.25. The van der Waals surface area contributed by atoms with Crippen LogP contribution < -0.4 is 0 Å². The molecular formula is C12H20N2O4. The molecule has 0 spiro atoms. The average Bonchev–Trinajstić information content (AvgIpc) is 2.67. The van der Waals surface area contributed by atoms with E-state index in [1.165, 1.54) is 4.90 Å². The number of likely N-dealkylation sites (tertiary alicyclic amines) is 1. The first kappa shape index (κ1) is 13.1. The molecule has 0 radical (unpaired) electrons. The normalized spacial score (nSPS) is 32.7. The van der Waals surface area contributed by atoms with Crippen LogP contribution in [0.15, 0.2) is 0 Å². The van der Waals surface area contributed by atoms with Gasteiger partial charge in [-0.3, -0.25) is 0 Å². The lowest BCUT2D eigenvalue weighted by molar-refractivity contribution is -0.147. The molecule has 6 nitrogen and oxygen atoms in total. The van der Waals surface area contributed by atoms with Crippen LogP contribution in [0.5, 0.6) is 0 Å². The van der Waals surface area contributed by atoms with Crippen molar-refractivity contribution in [3.8, 4) is 0 Å². The number of nitrogens with zero attached hydrogens (tertiary/aromatic N) is 2. The van der Waals surface area contributed by atoms with Crippen molar-refractivity contribution in [3.05, 3.63) is 0 Å². The molecule has 2 heterocycles. The monoisotopic (exact) mass is 256 g/mol.